The average Bonchev–Trinajstić information content (AvgIpc) is 3.21. The van der Waals surface area contributed by atoms with E-state index in [0.29, 0.717) is 12.2 Å². The van der Waals surface area contributed by atoms with Gasteiger partial charge in [0.2, 0.25) is 0 Å². The summed E-state index contributed by atoms with van der Waals surface area (Å²) in [4.78, 5) is 32.1. The first-order chi connectivity index (χ1) is 10.2. The molecule has 0 radical (unpaired) electrons. The Hall–Kier alpha value is -2.30. The van der Waals surface area contributed by atoms with Gasteiger partial charge in [-0.1, -0.05) is 6.07 Å². The molecule has 1 aliphatic rings. The van der Waals surface area contributed by atoms with E-state index in [1.54, 1.807) is 0 Å². The van der Waals surface area contributed by atoms with Gasteiger partial charge in [-0.2, -0.15) is 8.42 Å². The van der Waals surface area contributed by atoms with E-state index in [4.69, 9.17) is 19.1 Å². The van der Waals surface area contributed by atoms with Crippen LogP contribution in [0.2, 0.25) is 0 Å². The third kappa shape index (κ3) is 3.87. The van der Waals surface area contributed by atoms with Crippen LogP contribution >= 0.6 is 0 Å². The van der Waals surface area contributed by atoms with Gasteiger partial charge in [0.1, 0.15) is 17.4 Å². The zero-order valence-corrected chi connectivity index (χ0v) is 11.7. The number of Topliss-reactive ketones (excluding diaryl/α,β-unsaturated/α-hetero) is 1. The van der Waals surface area contributed by atoms with E-state index in [9.17, 15) is 22.8 Å². The van der Waals surface area contributed by atoms with Crippen molar-refractivity contribution in [3.63, 3.8) is 0 Å². The van der Waals surface area contributed by atoms with Crippen LogP contribution in [0.5, 0.6) is 5.75 Å². The molecule has 0 spiro atoms. The van der Waals surface area contributed by atoms with Crippen molar-refractivity contribution >= 4 is 27.8 Å². The fourth-order valence-corrected chi connectivity index (χ4v) is 2.22. The maximum absolute atomic E-state index is 11.5. The van der Waals surface area contributed by atoms with Crippen molar-refractivity contribution in [1.82, 2.24) is 0 Å². The third-order valence-corrected chi connectivity index (χ3v) is 3.61. The maximum Gasteiger partial charge on any atom is 0.372 e. The Labute approximate surface area is 124 Å². The number of carboxylic acid groups (broad SMARTS) is 1. The highest BCUT2D eigenvalue weighted by molar-refractivity contribution is 7.86. The Morgan fingerprint density at radius 1 is 1.32 bits per heavy atom. The van der Waals surface area contributed by atoms with Gasteiger partial charge in [0.25, 0.3) is 15.9 Å². The smallest absolute Gasteiger partial charge is 0.372 e. The molecule has 0 bridgehead atoms. The van der Waals surface area contributed by atoms with Gasteiger partial charge in [-0.25, -0.2) is 4.79 Å². The number of esters is 1. The minimum atomic E-state index is -4.67. The quantitative estimate of drug-likeness (QED) is 0.183. The summed E-state index contributed by atoms with van der Waals surface area (Å²) in [6.07, 6.45) is -1.33. The van der Waals surface area contributed by atoms with E-state index in [1.807, 2.05) is 0 Å². The van der Waals surface area contributed by atoms with E-state index in [2.05, 4.69) is 0 Å². The fourth-order valence-electron chi connectivity index (χ4n) is 1.62. The summed E-state index contributed by atoms with van der Waals surface area (Å²) < 4.78 is 41.2. The van der Waals surface area contributed by atoms with Crippen molar-refractivity contribution < 1.29 is 41.9 Å². The monoisotopic (exact) mass is 330 g/mol. The summed E-state index contributed by atoms with van der Waals surface area (Å²) in [5.41, 5.74) is 0.514. The molecule has 0 amide bonds. The zero-order valence-electron chi connectivity index (χ0n) is 10.9. The number of ketones is 1. The molecule has 0 aromatic heterocycles. The van der Waals surface area contributed by atoms with Crippen LogP contribution in [-0.4, -0.2) is 42.4 Å². The summed E-state index contributed by atoms with van der Waals surface area (Å²) in [6.45, 7) is 0.413. The second kappa shape index (κ2) is 5.83. The average molecular weight is 330 g/mol. The van der Waals surface area contributed by atoms with Crippen LogP contribution < -0.4 is 4.74 Å². The highest BCUT2D eigenvalue weighted by Gasteiger charge is 2.28. The molecule has 1 heterocycles. The minimum Gasteiger partial charge on any atom is -0.475 e. The Bertz CT molecular complexity index is 746. The van der Waals surface area contributed by atoms with Crippen LogP contribution in [0, 0.1) is 0 Å². The van der Waals surface area contributed by atoms with Crippen molar-refractivity contribution in [2.75, 3.05) is 6.61 Å². The van der Waals surface area contributed by atoms with Crippen molar-refractivity contribution in [3.05, 3.63) is 23.8 Å². The van der Waals surface area contributed by atoms with Crippen molar-refractivity contribution in [1.29, 1.82) is 0 Å². The summed E-state index contributed by atoms with van der Waals surface area (Å²) in [5, 5.41) is 8.40. The first kappa shape index (κ1) is 16.1. The van der Waals surface area contributed by atoms with Gasteiger partial charge in [0.15, 0.2) is 5.75 Å². The second-order valence-electron chi connectivity index (χ2n) is 4.38. The molecule has 2 N–H and O–H groups in total. The number of carbonyl (C=O) groups excluding carboxylic acids is 2. The Morgan fingerprint density at radius 2 is 1.95 bits per heavy atom. The minimum absolute atomic E-state index is 0.270. The van der Waals surface area contributed by atoms with E-state index < -0.39 is 44.9 Å². The van der Waals surface area contributed by atoms with Gasteiger partial charge >= 0.3 is 11.9 Å². The number of carbonyl (C=O) groups is 3. The van der Waals surface area contributed by atoms with Crippen LogP contribution in [0.15, 0.2) is 23.1 Å². The van der Waals surface area contributed by atoms with E-state index in [0.717, 1.165) is 6.07 Å². The lowest BCUT2D eigenvalue weighted by atomic mass is 10.1. The Balaban J connectivity index is 2.27. The fraction of sp³-hybridized carbons (Fsp3) is 0.250. The number of benzene rings is 1. The number of hydrogen-bond donors (Lipinski definition) is 2. The lowest BCUT2D eigenvalue weighted by Gasteiger charge is -2.09. The summed E-state index contributed by atoms with van der Waals surface area (Å²) in [5.74, 6) is -4.97. The molecule has 0 saturated carbocycles. The van der Waals surface area contributed by atoms with Gasteiger partial charge in [-0.15, -0.1) is 0 Å². The van der Waals surface area contributed by atoms with Gasteiger partial charge in [-0.3, -0.25) is 14.1 Å². The lowest BCUT2D eigenvalue weighted by molar-refractivity contribution is -0.152. The summed E-state index contributed by atoms with van der Waals surface area (Å²) in [6, 6.07) is 3.57. The summed E-state index contributed by atoms with van der Waals surface area (Å²) in [7, 11) is -4.67. The molecule has 22 heavy (non-hydrogen) atoms. The highest BCUT2D eigenvalue weighted by atomic mass is 32.2. The molecule has 118 valence electrons. The van der Waals surface area contributed by atoms with Crippen LogP contribution in [-0.2, 0) is 29.2 Å². The number of carboxylic acids is 1. The molecule has 1 fully saturated rings. The zero-order chi connectivity index (χ0) is 16.5. The normalized spacial score (nSPS) is 16.9. The van der Waals surface area contributed by atoms with Gasteiger partial charge in [-0.05, 0) is 17.7 Å². The number of epoxide rings is 1. The van der Waals surface area contributed by atoms with E-state index in [1.165, 1.54) is 12.1 Å². The molecule has 1 aromatic rings. The molecule has 1 atom stereocenters. The third-order valence-electron chi connectivity index (χ3n) is 2.72. The molecule has 1 aliphatic heterocycles. The molecule has 1 saturated heterocycles. The van der Waals surface area contributed by atoms with Crippen molar-refractivity contribution in [2.24, 2.45) is 0 Å². The van der Waals surface area contributed by atoms with E-state index in [-0.39, 0.29) is 6.10 Å². The number of aliphatic carboxylic acids is 1. The predicted molar refractivity (Wildman–Crippen MR) is 67.8 cm³/mol. The van der Waals surface area contributed by atoms with Crippen molar-refractivity contribution in [3.8, 4) is 5.75 Å². The lowest BCUT2D eigenvalue weighted by Crippen LogP contribution is -2.21. The molecular formula is C12H10O9S. The Kier molecular flexibility index (Phi) is 4.26. The van der Waals surface area contributed by atoms with Gasteiger partial charge < -0.3 is 14.6 Å². The van der Waals surface area contributed by atoms with Gasteiger partial charge in [0, 0.05) is 0 Å². The second-order valence-corrected chi connectivity index (χ2v) is 5.77. The van der Waals surface area contributed by atoms with Crippen LogP contribution in [0.4, 0.5) is 0 Å². The maximum atomic E-state index is 11.5. The molecule has 9 nitrogen and oxygen atoms in total. The number of rotatable bonds is 6. The van der Waals surface area contributed by atoms with Gasteiger partial charge in [0.05, 0.1) is 6.61 Å². The molecule has 10 heteroatoms. The van der Waals surface area contributed by atoms with E-state index >= 15 is 0 Å². The first-order valence-electron chi connectivity index (χ1n) is 5.88. The molecular weight excluding hydrogens is 320 g/mol. The number of ether oxygens (including phenoxy) is 2. The standard InChI is InChI=1S/C12H10O9S/c13-7(12(15)16)4-11(14)21-8-3-6(9-5-20-9)1-2-10(8)22(17,18)19/h1-3,9H,4-5H2,(H,15,16)(H,17,18,19). The molecule has 1 aromatic carbocycles. The van der Waals surface area contributed by atoms with Crippen LogP contribution in [0.25, 0.3) is 0 Å². The predicted octanol–water partition coefficient (Wildman–Crippen LogP) is -0.0462. The molecule has 0 aliphatic carbocycles. The van der Waals surface area contributed by atoms with Crippen molar-refractivity contribution in [2.45, 2.75) is 17.4 Å². The number of hydrogen-bond acceptors (Lipinski definition) is 7. The Morgan fingerprint density at radius 3 is 2.45 bits per heavy atom. The van der Waals surface area contributed by atoms with Crippen LogP contribution in [0.3, 0.4) is 0 Å². The topological polar surface area (TPSA) is 148 Å². The van der Waals surface area contributed by atoms with Crippen LogP contribution in [0.1, 0.15) is 18.1 Å². The summed E-state index contributed by atoms with van der Waals surface area (Å²) >= 11 is 0. The molecule has 2 rings (SSSR count). The largest absolute Gasteiger partial charge is 0.475 e. The first-order valence-corrected chi connectivity index (χ1v) is 7.32. The highest BCUT2D eigenvalue weighted by Crippen LogP contribution is 2.34. The SMILES string of the molecule is O=C(CC(=O)C(=O)O)Oc1cc(C2CO2)ccc1S(=O)(=O)O. The molecule has 1 unspecified atom stereocenters.